The molecular formula is C17H21NO5. The summed E-state index contributed by atoms with van der Waals surface area (Å²) in [6.07, 6.45) is 6.13. The predicted molar refractivity (Wildman–Crippen MR) is 86.9 cm³/mol. The number of ether oxygens (including phenoxy) is 1. The Bertz CT molecular complexity index is 580. The number of nitro groups is 1. The van der Waals surface area contributed by atoms with E-state index in [4.69, 9.17) is 4.74 Å². The number of carbonyl (C=O) groups is 2. The molecule has 0 saturated carbocycles. The SMILES string of the molecule is CCCCCCOC(=O)CC(=O)C=Cc1ccccc1[N+](=O)[O-]. The number of carbonyl (C=O) groups excluding carboxylic acids is 2. The van der Waals surface area contributed by atoms with Gasteiger partial charge in [0.25, 0.3) is 5.69 Å². The lowest BCUT2D eigenvalue weighted by atomic mass is 10.1. The van der Waals surface area contributed by atoms with Gasteiger partial charge in [-0.15, -0.1) is 0 Å². The lowest BCUT2D eigenvalue weighted by Crippen LogP contribution is -2.10. The van der Waals surface area contributed by atoms with Crippen LogP contribution in [0.2, 0.25) is 0 Å². The van der Waals surface area contributed by atoms with Crippen LogP contribution in [-0.4, -0.2) is 23.3 Å². The van der Waals surface area contributed by atoms with E-state index in [2.05, 4.69) is 6.92 Å². The number of hydrogen-bond acceptors (Lipinski definition) is 5. The van der Waals surface area contributed by atoms with Crippen molar-refractivity contribution < 1.29 is 19.2 Å². The molecule has 0 aliphatic rings. The third kappa shape index (κ3) is 7.35. The zero-order chi connectivity index (χ0) is 17.1. The Labute approximate surface area is 135 Å². The summed E-state index contributed by atoms with van der Waals surface area (Å²) in [7, 11) is 0. The van der Waals surface area contributed by atoms with Crippen LogP contribution in [0, 0.1) is 10.1 Å². The summed E-state index contributed by atoms with van der Waals surface area (Å²) >= 11 is 0. The Morgan fingerprint density at radius 2 is 1.96 bits per heavy atom. The summed E-state index contributed by atoms with van der Waals surface area (Å²) in [5.41, 5.74) is 0.230. The molecule has 0 unspecified atom stereocenters. The van der Waals surface area contributed by atoms with Crippen LogP contribution in [0.4, 0.5) is 5.69 Å². The van der Waals surface area contributed by atoms with Crippen molar-refractivity contribution in [2.45, 2.75) is 39.0 Å². The molecule has 0 aromatic heterocycles. The van der Waals surface area contributed by atoms with Crippen molar-refractivity contribution >= 4 is 23.5 Å². The Balaban J connectivity index is 2.44. The number of allylic oxidation sites excluding steroid dienone is 1. The lowest BCUT2D eigenvalue weighted by molar-refractivity contribution is -0.385. The topological polar surface area (TPSA) is 86.5 Å². The molecule has 0 fully saturated rings. The fourth-order valence-corrected chi connectivity index (χ4v) is 1.94. The monoisotopic (exact) mass is 319 g/mol. The zero-order valence-electron chi connectivity index (χ0n) is 13.2. The van der Waals surface area contributed by atoms with Gasteiger partial charge in [0, 0.05) is 6.07 Å². The first-order chi connectivity index (χ1) is 11.0. The van der Waals surface area contributed by atoms with E-state index in [1.807, 2.05) is 0 Å². The van der Waals surface area contributed by atoms with Crippen LogP contribution in [-0.2, 0) is 14.3 Å². The molecule has 0 bridgehead atoms. The lowest BCUT2D eigenvalue weighted by Gasteiger charge is -2.02. The molecule has 23 heavy (non-hydrogen) atoms. The van der Waals surface area contributed by atoms with Crippen LogP contribution in [0.15, 0.2) is 30.3 Å². The summed E-state index contributed by atoms with van der Waals surface area (Å²) in [5, 5.41) is 10.9. The van der Waals surface area contributed by atoms with Gasteiger partial charge < -0.3 is 4.74 Å². The molecule has 1 aromatic carbocycles. The van der Waals surface area contributed by atoms with Crippen molar-refractivity contribution in [1.82, 2.24) is 0 Å². The fraction of sp³-hybridized carbons (Fsp3) is 0.412. The standard InChI is InChI=1S/C17H21NO5/c1-2-3-4-7-12-23-17(20)13-15(19)11-10-14-8-5-6-9-16(14)18(21)22/h5-6,8-11H,2-4,7,12-13H2,1H3. The van der Waals surface area contributed by atoms with E-state index in [0.29, 0.717) is 12.2 Å². The fourth-order valence-electron chi connectivity index (χ4n) is 1.94. The molecule has 0 spiro atoms. The quantitative estimate of drug-likeness (QED) is 0.164. The highest BCUT2D eigenvalue weighted by molar-refractivity contribution is 6.04. The Hall–Kier alpha value is -2.50. The highest BCUT2D eigenvalue weighted by Crippen LogP contribution is 2.18. The molecule has 0 aliphatic carbocycles. The summed E-state index contributed by atoms with van der Waals surface area (Å²) in [5.74, 6) is -1.01. The molecule has 0 aliphatic heterocycles. The molecule has 0 amide bonds. The molecular weight excluding hydrogens is 298 g/mol. The van der Waals surface area contributed by atoms with Crippen molar-refractivity contribution in [1.29, 1.82) is 0 Å². The number of nitrogens with zero attached hydrogens (tertiary/aromatic N) is 1. The molecule has 0 saturated heterocycles. The van der Waals surface area contributed by atoms with Gasteiger partial charge in [-0.1, -0.05) is 38.3 Å². The van der Waals surface area contributed by atoms with E-state index in [9.17, 15) is 19.7 Å². The summed E-state index contributed by atoms with van der Waals surface area (Å²) < 4.78 is 4.97. The van der Waals surface area contributed by atoms with Crippen LogP contribution in [0.1, 0.15) is 44.6 Å². The van der Waals surface area contributed by atoms with Gasteiger partial charge in [0.2, 0.25) is 0 Å². The van der Waals surface area contributed by atoms with Crippen LogP contribution >= 0.6 is 0 Å². The number of hydrogen-bond donors (Lipinski definition) is 0. The van der Waals surface area contributed by atoms with Gasteiger partial charge in [-0.25, -0.2) is 0 Å². The maximum Gasteiger partial charge on any atom is 0.313 e. The van der Waals surface area contributed by atoms with E-state index >= 15 is 0 Å². The number of ketones is 1. The van der Waals surface area contributed by atoms with Crippen LogP contribution in [0.5, 0.6) is 0 Å². The molecule has 6 nitrogen and oxygen atoms in total. The average Bonchev–Trinajstić information content (AvgIpc) is 2.53. The van der Waals surface area contributed by atoms with Crippen molar-refractivity contribution in [3.63, 3.8) is 0 Å². The molecule has 1 rings (SSSR count). The highest BCUT2D eigenvalue weighted by Gasteiger charge is 2.11. The van der Waals surface area contributed by atoms with Crippen LogP contribution in [0.25, 0.3) is 6.08 Å². The maximum atomic E-state index is 11.7. The van der Waals surface area contributed by atoms with E-state index in [1.165, 1.54) is 24.3 Å². The number of nitro benzene ring substituents is 1. The van der Waals surface area contributed by atoms with Crippen molar-refractivity contribution in [3.05, 3.63) is 46.0 Å². The highest BCUT2D eigenvalue weighted by atomic mass is 16.6. The molecule has 0 heterocycles. The second-order valence-corrected chi connectivity index (χ2v) is 5.07. The van der Waals surface area contributed by atoms with E-state index in [1.54, 1.807) is 12.1 Å². The van der Waals surface area contributed by atoms with Gasteiger partial charge in [-0.3, -0.25) is 19.7 Å². The predicted octanol–water partition coefficient (Wildman–Crippen LogP) is 3.69. The number of para-hydroxylation sites is 1. The first-order valence-corrected chi connectivity index (χ1v) is 7.64. The second-order valence-electron chi connectivity index (χ2n) is 5.07. The Kier molecular flexibility index (Phi) is 8.28. The Morgan fingerprint density at radius 3 is 2.65 bits per heavy atom. The first-order valence-electron chi connectivity index (χ1n) is 7.64. The normalized spacial score (nSPS) is 10.7. The van der Waals surface area contributed by atoms with Gasteiger partial charge in [-0.05, 0) is 24.6 Å². The number of unbranched alkanes of at least 4 members (excludes halogenated alkanes) is 3. The molecule has 6 heteroatoms. The second kappa shape index (κ2) is 10.3. The minimum Gasteiger partial charge on any atom is -0.465 e. The van der Waals surface area contributed by atoms with Gasteiger partial charge >= 0.3 is 5.97 Å². The van der Waals surface area contributed by atoms with E-state index < -0.39 is 16.7 Å². The van der Waals surface area contributed by atoms with Crippen molar-refractivity contribution in [3.8, 4) is 0 Å². The minimum atomic E-state index is -0.571. The number of rotatable bonds is 10. The van der Waals surface area contributed by atoms with Crippen molar-refractivity contribution in [2.24, 2.45) is 0 Å². The summed E-state index contributed by atoms with van der Waals surface area (Å²) in [6.45, 7) is 2.41. The van der Waals surface area contributed by atoms with Gasteiger partial charge in [-0.2, -0.15) is 0 Å². The zero-order valence-corrected chi connectivity index (χ0v) is 13.2. The van der Waals surface area contributed by atoms with E-state index in [0.717, 1.165) is 25.7 Å². The average molecular weight is 319 g/mol. The molecule has 0 atom stereocenters. The largest absolute Gasteiger partial charge is 0.465 e. The van der Waals surface area contributed by atoms with Crippen molar-refractivity contribution in [2.75, 3.05) is 6.61 Å². The first kappa shape index (κ1) is 18.5. The molecule has 0 radical (unpaired) electrons. The van der Waals surface area contributed by atoms with E-state index in [-0.39, 0.29) is 12.1 Å². The molecule has 0 N–H and O–H groups in total. The van der Waals surface area contributed by atoms with Crippen LogP contribution in [0.3, 0.4) is 0 Å². The van der Waals surface area contributed by atoms with Gasteiger partial charge in [0.1, 0.15) is 6.42 Å². The molecule has 1 aromatic rings. The van der Waals surface area contributed by atoms with Gasteiger partial charge in [0.05, 0.1) is 17.1 Å². The van der Waals surface area contributed by atoms with Gasteiger partial charge in [0.15, 0.2) is 5.78 Å². The maximum absolute atomic E-state index is 11.7. The third-order valence-corrected chi connectivity index (χ3v) is 3.16. The smallest absolute Gasteiger partial charge is 0.313 e. The summed E-state index contributed by atoms with van der Waals surface area (Å²) in [4.78, 5) is 33.5. The minimum absolute atomic E-state index is 0.0879. The number of benzene rings is 1. The molecule has 124 valence electrons. The summed E-state index contributed by atoms with van der Waals surface area (Å²) in [6, 6.07) is 6.08. The number of esters is 1. The Morgan fingerprint density at radius 1 is 1.22 bits per heavy atom. The third-order valence-electron chi connectivity index (χ3n) is 3.16. The van der Waals surface area contributed by atoms with Crippen LogP contribution < -0.4 is 0 Å².